The van der Waals surface area contributed by atoms with E-state index in [9.17, 15) is 73.1 Å². The summed E-state index contributed by atoms with van der Waals surface area (Å²) in [6.45, 7) is 41.4. The summed E-state index contributed by atoms with van der Waals surface area (Å²) in [5.74, 6) is 19.4. The molecule has 16 saturated carbocycles. The van der Waals surface area contributed by atoms with Gasteiger partial charge in [0.15, 0.2) is 0 Å². The van der Waals surface area contributed by atoms with Crippen LogP contribution < -0.4 is 0 Å². The number of aliphatic hydroxyl groups excluding tert-OH is 4. The number of fused-ring (bicyclic) bond motifs is 36. The summed E-state index contributed by atoms with van der Waals surface area (Å²) in [5, 5.41) is 37.3. The van der Waals surface area contributed by atoms with Gasteiger partial charge >= 0.3 is 23.6 Å². The molecule has 0 heterocycles. The Morgan fingerprint density at radius 2 is 0.530 bits per heavy atom. The summed E-state index contributed by atoms with van der Waals surface area (Å²) in [6.07, 6.45) is -7.77. The Labute approximate surface area is 688 Å². The van der Waals surface area contributed by atoms with E-state index in [2.05, 4.69) is 81.6 Å². The van der Waals surface area contributed by atoms with E-state index in [1.807, 2.05) is 33.9 Å². The summed E-state index contributed by atoms with van der Waals surface area (Å²) in [5.41, 5.74) is 0.772. The average Bonchev–Trinajstić information content (AvgIpc) is 1.53. The molecular formula is C84H141Cl3F12O10Rf4Si4-4. The maximum Gasteiger partial charge on any atom is 0.497 e. The van der Waals surface area contributed by atoms with Gasteiger partial charge in [-0.25, -0.2) is 52.7 Å². The zero-order chi connectivity index (χ0) is 84.9. The van der Waals surface area contributed by atoms with E-state index in [-0.39, 0.29) is 49.4 Å². The van der Waals surface area contributed by atoms with Crippen LogP contribution in [0.4, 0.5) is 52.7 Å². The van der Waals surface area contributed by atoms with Gasteiger partial charge in [-0.1, -0.05) is 130 Å². The van der Waals surface area contributed by atoms with Gasteiger partial charge in [0.25, 0.3) is 24.7 Å². The van der Waals surface area contributed by atoms with Crippen molar-refractivity contribution < 1.29 is 99.7 Å². The van der Waals surface area contributed by atoms with E-state index in [0.717, 1.165) is 134 Å². The van der Waals surface area contributed by atoms with Crippen molar-refractivity contribution in [1.29, 1.82) is 0 Å². The zero-order valence-corrected chi connectivity index (χ0v) is 106. The molecule has 0 radical (unpaired) electrons. The second kappa shape index (κ2) is 38.1. The average molecular weight is 2830 g/mol. The number of halogens is 15. The van der Waals surface area contributed by atoms with Gasteiger partial charge in [-0.2, -0.15) is 0 Å². The fraction of sp³-hybridized carbons (Fsp3) is 0.952. The standard InChI is InChI=1S/4C17H24F3O.C7H18O3Si.C4H12O3Si.C4H12Si.CH3Cl3Si.4Rf/c2*1-7-8(2)12-6-11(7)15-10-3-9(13(4-10)16(12)15)5-14(21)17(18,19)20;2*1-16(2)11-3-4-12(16)15-10-6-9(14(11)15)5-8(10)7-13(21)17(18,19)20;1-5-8-11(4,9-6-2)10-7-3;1-5-8(4,6-2)7-3;2*1-5(2,3)4;;;;/h2*7-13,15-16,21H,3-6H2,1-2H3;2*8-12,14-15,21H,3-7H2,1-2H3;5-7H2,1-4H3;1-4H3;1-4H3;1H3;;;;/q4*-1;;;;;;;;. The van der Waals surface area contributed by atoms with Crippen molar-refractivity contribution in [1.82, 2.24) is 0 Å². The number of alkyl halides is 12. The fourth-order valence-electron chi connectivity index (χ4n) is 29.3. The molecule has 32 atom stereocenters. The first kappa shape index (κ1) is 104. The van der Waals surface area contributed by atoms with Crippen molar-refractivity contribution in [2.45, 2.75) is 262 Å². The molecule has 16 rings (SSSR count). The van der Waals surface area contributed by atoms with Gasteiger partial charge in [-0.3, -0.25) is 0 Å². The van der Waals surface area contributed by atoms with Crippen LogP contribution in [0.25, 0.3) is 0 Å². The van der Waals surface area contributed by atoms with E-state index >= 15 is 0 Å². The predicted molar refractivity (Wildman–Crippen MR) is 428 cm³/mol. The molecule has 16 aliphatic rings. The quantitative estimate of drug-likeness (QED) is 0.0366. The second-order valence-corrected chi connectivity index (χ2v) is 62.7. The zero-order valence-electron chi connectivity index (χ0n) is 74.1. The Hall–Kier alpha value is -3.50. The summed E-state index contributed by atoms with van der Waals surface area (Å²) in [7, 11) is -0.284. The molecule has 10 nitrogen and oxygen atoms in total. The Kier molecular flexibility index (Phi) is 33.9. The van der Waals surface area contributed by atoms with Crippen LogP contribution in [0, 0.1) is 225 Å². The Morgan fingerprint density at radius 3 is 0.726 bits per heavy atom. The Morgan fingerprint density at radius 1 is 0.333 bits per heavy atom. The second-order valence-electron chi connectivity index (χ2n) is 41.0. The molecule has 4 N–H and O–H groups in total. The van der Waals surface area contributed by atoms with E-state index in [1.54, 1.807) is 27.9 Å². The molecule has 0 aromatic rings. The van der Waals surface area contributed by atoms with Crippen LogP contribution in [-0.2, 0) is 26.6 Å². The number of hydrogen-bond donors (Lipinski definition) is 4. The smallest absolute Gasteiger partial charge is 0.497 e. The maximum absolute atomic E-state index is 12.6. The molecule has 0 saturated heterocycles. The van der Waals surface area contributed by atoms with Crippen molar-refractivity contribution >= 4 is 64.9 Å². The molecule has 32 unspecified atom stereocenters. The summed E-state index contributed by atoms with van der Waals surface area (Å²) >= 11 is 15.6. The third-order valence-electron chi connectivity index (χ3n) is 33.2. The first-order valence-corrected chi connectivity index (χ1v) is 57.0. The molecule has 0 aromatic carbocycles. The minimum Gasteiger partial charge on any atom is -0.554 e. The molecule has 16 bridgehead atoms. The van der Waals surface area contributed by atoms with Crippen molar-refractivity contribution in [2.75, 3.05) is 41.2 Å². The van der Waals surface area contributed by atoms with Crippen LogP contribution in [0.2, 0.25) is 45.8 Å². The third kappa shape index (κ3) is 21.7. The third-order valence-corrected chi connectivity index (χ3v) is 37.9. The van der Waals surface area contributed by atoms with Crippen molar-refractivity contribution in [2.24, 2.45) is 200 Å². The Bertz CT molecular complexity index is 2850. The van der Waals surface area contributed by atoms with E-state index < -0.39 is 80.8 Å². The van der Waals surface area contributed by atoms with Gasteiger partial charge in [0.05, 0.1) is 0 Å². The van der Waals surface area contributed by atoms with Crippen molar-refractivity contribution in [3.63, 3.8) is 0 Å². The first-order chi connectivity index (χ1) is 51.9. The van der Waals surface area contributed by atoms with Crippen LogP contribution in [0.1, 0.15) is 192 Å². The molecule has 16 aliphatic carbocycles. The molecule has 16 fully saturated rings. The minimum absolute atomic E-state index is 0. The van der Waals surface area contributed by atoms with Crippen LogP contribution in [0.5, 0.6) is 0 Å². The molecular weight excluding hydrogens is 2680 g/mol. The van der Waals surface area contributed by atoms with Gasteiger partial charge in [0, 0.05) is 62.3 Å². The van der Waals surface area contributed by atoms with Gasteiger partial charge in [0.1, 0.15) is 0 Å². The molecule has 670 valence electrons. The van der Waals surface area contributed by atoms with E-state index in [0.29, 0.717) is 114 Å². The summed E-state index contributed by atoms with van der Waals surface area (Å²) in [4.78, 5) is 0. The van der Waals surface area contributed by atoms with Crippen LogP contribution in [0.3, 0.4) is 0 Å². The first-order valence-electron chi connectivity index (χ1n) is 43.0. The number of hydrogen-bond acceptors (Lipinski definition) is 10. The molecule has 33 heteroatoms. The molecule has 0 spiro atoms. The SMILES string of the molecule is CC1(C)C2CCC1C1C3CC(CC3C[C-](O)C(F)(F)F)C12.CC1(C)C2CCC1C1C3CC(CC3C[C-](O)C(F)(F)F)C12.CC1C(C)C2CC1C1C3CC(C[C-](O)C(F)(F)F)C(C3)C21.CC1C(C)C2CC1C1C3CC(C[C-](O)C(F)(F)F)C(C3)C21.CCO[Si](C)(OCC)OCC.CO[Si](C)(OC)OC.C[Si](C)(C)C.C[Si](Cl)(Cl)Cl.[Rf].[Rf].[Rf].[Rf]. The molecule has 117 heavy (non-hydrogen) atoms. The van der Waals surface area contributed by atoms with Gasteiger partial charge < -0.3 is 47.0 Å². The minimum atomic E-state index is -4.53. The van der Waals surface area contributed by atoms with Crippen LogP contribution in [-0.4, -0.2) is 118 Å². The van der Waals surface area contributed by atoms with E-state index in [1.165, 1.54) is 38.5 Å². The summed E-state index contributed by atoms with van der Waals surface area (Å²) in [6, 6.07) is -2.19. The molecule has 0 amide bonds. The van der Waals surface area contributed by atoms with Crippen LogP contribution >= 0.6 is 33.2 Å². The molecule has 0 aromatic heterocycles. The largest absolute Gasteiger partial charge is 0.554 e. The van der Waals surface area contributed by atoms with Crippen molar-refractivity contribution in [3.05, 3.63) is 24.4 Å². The van der Waals surface area contributed by atoms with Crippen molar-refractivity contribution in [3.8, 4) is 0 Å². The van der Waals surface area contributed by atoms with Gasteiger partial charge in [-0.05, 0) is 294 Å². The van der Waals surface area contributed by atoms with Gasteiger partial charge in [0.2, 0.25) is 0 Å². The Balaban J connectivity index is 0.000000248. The van der Waals surface area contributed by atoms with Gasteiger partial charge in [-0.15, -0.1) is 58.9 Å². The van der Waals surface area contributed by atoms with Crippen LogP contribution in [0.15, 0.2) is 0 Å². The number of rotatable bonds is 17. The predicted octanol–water partition coefficient (Wildman–Crippen LogP) is 25.3. The van der Waals surface area contributed by atoms with E-state index in [4.69, 9.17) is 59.8 Å². The molecule has 0 aliphatic heterocycles. The topological polar surface area (TPSA) is 136 Å². The number of aliphatic hydroxyl groups is 4. The maximum atomic E-state index is 12.6. The fourth-order valence-corrected chi connectivity index (χ4v) is 31.6. The summed E-state index contributed by atoms with van der Waals surface area (Å²) < 4.78 is 182. The normalized spacial score (nSPS) is 40.6. The monoisotopic (exact) mass is 2820 g/mol.